The Morgan fingerprint density at radius 1 is 0.886 bits per heavy atom. The number of carbonyl (C=O) groups excluding carboxylic acids is 3. The normalized spacial score (nSPS) is 14.4. The van der Waals surface area contributed by atoms with Crippen molar-refractivity contribution in [1.82, 2.24) is 25.9 Å². The number of aliphatic carboxylic acids is 1. The number of aliphatic hydroxyl groups excluding tert-OH is 1. The predicted octanol–water partition coefficient (Wildman–Crippen LogP) is -2.93. The van der Waals surface area contributed by atoms with Crippen LogP contribution in [-0.4, -0.2) is 87.7 Å². The van der Waals surface area contributed by atoms with E-state index in [0.717, 1.165) is 0 Å². The summed E-state index contributed by atoms with van der Waals surface area (Å²) in [5, 5.41) is 26.3. The van der Waals surface area contributed by atoms with Gasteiger partial charge in [0.2, 0.25) is 17.7 Å². The molecule has 0 aliphatic heterocycles. The fraction of sp³-hybridized carbons (Fsp3) is 0.667. The Kier molecular flexibility index (Phi) is 14.2. The molecule has 0 spiro atoms. The number of nitrogens with one attached hydrogen (secondary N) is 4. The van der Waals surface area contributed by atoms with E-state index in [-0.39, 0.29) is 12.8 Å². The van der Waals surface area contributed by atoms with Crippen LogP contribution in [0.1, 0.15) is 44.2 Å². The van der Waals surface area contributed by atoms with Crippen molar-refractivity contribution < 1.29 is 29.4 Å². The monoisotopic (exact) mass is 498 g/mol. The fourth-order valence-electron chi connectivity index (χ4n) is 3.24. The van der Waals surface area contributed by atoms with E-state index in [9.17, 15) is 29.4 Å². The van der Waals surface area contributed by atoms with Gasteiger partial charge in [-0.05, 0) is 45.2 Å². The number of nitrogens with two attached hydrogens (primary N) is 3. The molecule has 0 aliphatic rings. The maximum absolute atomic E-state index is 12.9. The summed E-state index contributed by atoms with van der Waals surface area (Å²) in [7, 11) is 0. The third kappa shape index (κ3) is 11.3. The van der Waals surface area contributed by atoms with E-state index in [1.54, 1.807) is 0 Å². The van der Waals surface area contributed by atoms with Crippen LogP contribution in [0.3, 0.4) is 0 Å². The third-order valence-corrected chi connectivity index (χ3v) is 5.29. The van der Waals surface area contributed by atoms with Crippen LogP contribution in [-0.2, 0) is 25.6 Å². The summed E-state index contributed by atoms with van der Waals surface area (Å²) in [5.41, 5.74) is 17.3. The molecule has 14 nitrogen and oxygen atoms in total. The number of H-pyrrole nitrogens is 1. The number of carboxylic acid groups (broad SMARTS) is 1. The number of hydrogen-bond acceptors (Lipinski definition) is 9. The smallest absolute Gasteiger partial charge is 0.326 e. The van der Waals surface area contributed by atoms with Gasteiger partial charge >= 0.3 is 5.97 Å². The first-order valence-corrected chi connectivity index (χ1v) is 11.6. The zero-order chi connectivity index (χ0) is 26.2. The van der Waals surface area contributed by atoms with Gasteiger partial charge < -0.3 is 48.3 Å². The maximum atomic E-state index is 12.9. The maximum Gasteiger partial charge on any atom is 0.326 e. The first-order chi connectivity index (χ1) is 16.7. The second-order valence-electron chi connectivity index (χ2n) is 8.16. The highest BCUT2D eigenvalue weighted by atomic mass is 16.4. The first kappa shape index (κ1) is 30.0. The Balaban J connectivity index is 2.80. The van der Waals surface area contributed by atoms with Crippen molar-refractivity contribution >= 4 is 23.7 Å². The molecule has 0 bridgehead atoms. The lowest BCUT2D eigenvalue weighted by Gasteiger charge is -2.24. The molecule has 1 rings (SSSR count). The molecule has 12 N–H and O–H groups in total. The number of aliphatic hydroxyl groups is 1. The molecule has 4 unspecified atom stereocenters. The standard InChI is InChI=1S/C21H38N8O6/c22-7-3-1-5-14(24)18(31)27-15(6-2-4-8-23)19(32)29-17(11-30)20(33)28-16(21(34)35)9-13-10-25-12-26-13/h10,12,14-17,30H,1-9,11,22-24H2,(H,25,26)(H,27,31)(H,28,33)(H,29,32)(H,34,35). The molecular formula is C21H38N8O6. The number of carboxylic acids is 1. The highest BCUT2D eigenvalue weighted by Gasteiger charge is 2.30. The molecule has 0 saturated heterocycles. The lowest BCUT2D eigenvalue weighted by Crippen LogP contribution is -2.58. The van der Waals surface area contributed by atoms with E-state index in [1.807, 2.05) is 0 Å². The van der Waals surface area contributed by atoms with Crippen molar-refractivity contribution in [2.45, 2.75) is 69.1 Å². The van der Waals surface area contributed by atoms with E-state index in [0.29, 0.717) is 50.9 Å². The van der Waals surface area contributed by atoms with Crippen molar-refractivity contribution in [2.75, 3.05) is 19.7 Å². The van der Waals surface area contributed by atoms with Crippen LogP contribution in [0.25, 0.3) is 0 Å². The number of amides is 3. The molecule has 1 aromatic rings. The van der Waals surface area contributed by atoms with Crippen molar-refractivity contribution in [1.29, 1.82) is 0 Å². The number of imidazole rings is 1. The molecule has 35 heavy (non-hydrogen) atoms. The molecule has 198 valence electrons. The van der Waals surface area contributed by atoms with E-state index in [2.05, 4.69) is 25.9 Å². The van der Waals surface area contributed by atoms with Crippen molar-refractivity contribution in [3.63, 3.8) is 0 Å². The molecule has 1 aromatic heterocycles. The second-order valence-corrected chi connectivity index (χ2v) is 8.16. The van der Waals surface area contributed by atoms with Gasteiger partial charge in [0.15, 0.2) is 0 Å². The summed E-state index contributed by atoms with van der Waals surface area (Å²) < 4.78 is 0. The van der Waals surface area contributed by atoms with Crippen molar-refractivity contribution in [3.05, 3.63) is 18.2 Å². The van der Waals surface area contributed by atoms with Crippen LogP contribution in [0.15, 0.2) is 12.5 Å². The van der Waals surface area contributed by atoms with Gasteiger partial charge in [-0.25, -0.2) is 9.78 Å². The molecule has 0 radical (unpaired) electrons. The Hall–Kier alpha value is -3.07. The van der Waals surface area contributed by atoms with Gasteiger partial charge in [-0.15, -0.1) is 0 Å². The fourth-order valence-corrected chi connectivity index (χ4v) is 3.24. The van der Waals surface area contributed by atoms with E-state index in [1.165, 1.54) is 12.5 Å². The average Bonchev–Trinajstić information content (AvgIpc) is 3.34. The van der Waals surface area contributed by atoms with Gasteiger partial charge in [0.25, 0.3) is 0 Å². The summed E-state index contributed by atoms with van der Waals surface area (Å²) in [6.07, 6.45) is 5.86. The molecular weight excluding hydrogens is 460 g/mol. The van der Waals surface area contributed by atoms with E-state index in [4.69, 9.17) is 17.2 Å². The SMILES string of the molecule is NCCCCC(N)C(=O)NC(CCCCN)C(=O)NC(CO)C(=O)NC(Cc1cnc[nH]1)C(=O)O. The number of aromatic amines is 1. The van der Waals surface area contributed by atoms with Crippen LogP contribution < -0.4 is 33.2 Å². The number of nitrogens with zero attached hydrogens (tertiary/aromatic N) is 1. The Bertz CT molecular complexity index is 791. The van der Waals surface area contributed by atoms with Gasteiger partial charge in [0, 0.05) is 18.3 Å². The van der Waals surface area contributed by atoms with Gasteiger partial charge in [0.1, 0.15) is 18.1 Å². The second kappa shape index (κ2) is 16.5. The predicted molar refractivity (Wildman–Crippen MR) is 127 cm³/mol. The minimum atomic E-state index is -1.43. The number of hydrogen-bond donors (Lipinski definition) is 9. The summed E-state index contributed by atoms with van der Waals surface area (Å²) >= 11 is 0. The van der Waals surface area contributed by atoms with E-state index >= 15 is 0 Å². The largest absolute Gasteiger partial charge is 0.480 e. The van der Waals surface area contributed by atoms with Crippen LogP contribution in [0.5, 0.6) is 0 Å². The lowest BCUT2D eigenvalue weighted by atomic mass is 10.1. The summed E-state index contributed by atoms with van der Waals surface area (Å²) in [6.45, 7) is 0.0964. The first-order valence-electron chi connectivity index (χ1n) is 11.6. The number of carbonyl (C=O) groups is 4. The average molecular weight is 499 g/mol. The molecule has 0 aliphatic carbocycles. The molecule has 0 fully saturated rings. The highest BCUT2D eigenvalue weighted by Crippen LogP contribution is 2.05. The Labute approximate surface area is 203 Å². The Morgan fingerprint density at radius 3 is 2.00 bits per heavy atom. The van der Waals surface area contributed by atoms with Crippen LogP contribution >= 0.6 is 0 Å². The van der Waals surface area contributed by atoms with Gasteiger partial charge in [-0.2, -0.15) is 0 Å². The third-order valence-electron chi connectivity index (χ3n) is 5.29. The van der Waals surface area contributed by atoms with Gasteiger partial charge in [-0.3, -0.25) is 14.4 Å². The van der Waals surface area contributed by atoms with Gasteiger partial charge in [0.05, 0.1) is 19.0 Å². The number of unbranched alkanes of at least 4 members (excludes halogenated alkanes) is 2. The van der Waals surface area contributed by atoms with Crippen molar-refractivity contribution in [2.24, 2.45) is 17.2 Å². The molecule has 0 aromatic carbocycles. The van der Waals surface area contributed by atoms with E-state index < -0.39 is 54.5 Å². The van der Waals surface area contributed by atoms with Gasteiger partial charge in [-0.1, -0.05) is 6.42 Å². The molecule has 4 atom stereocenters. The minimum Gasteiger partial charge on any atom is -0.480 e. The Morgan fingerprint density at radius 2 is 1.46 bits per heavy atom. The summed E-state index contributed by atoms with van der Waals surface area (Å²) in [6, 6.07) is -4.60. The quantitative estimate of drug-likeness (QED) is 0.0931. The van der Waals surface area contributed by atoms with Crippen LogP contribution in [0, 0.1) is 0 Å². The topological polar surface area (TPSA) is 252 Å². The summed E-state index contributed by atoms with van der Waals surface area (Å²) in [5.74, 6) is -3.42. The van der Waals surface area contributed by atoms with Crippen LogP contribution in [0.2, 0.25) is 0 Å². The molecule has 14 heteroatoms. The molecule has 1 heterocycles. The molecule has 0 saturated carbocycles. The zero-order valence-electron chi connectivity index (χ0n) is 19.7. The number of rotatable bonds is 18. The van der Waals surface area contributed by atoms with Crippen molar-refractivity contribution in [3.8, 4) is 0 Å². The van der Waals surface area contributed by atoms with Crippen LogP contribution in [0.4, 0.5) is 0 Å². The number of aromatic nitrogens is 2. The summed E-state index contributed by atoms with van der Waals surface area (Å²) in [4.78, 5) is 56.0. The molecule has 3 amide bonds. The minimum absolute atomic E-state index is 0.0764. The zero-order valence-corrected chi connectivity index (χ0v) is 19.7. The lowest BCUT2D eigenvalue weighted by molar-refractivity contribution is -0.142. The highest BCUT2D eigenvalue weighted by molar-refractivity contribution is 5.94.